The van der Waals surface area contributed by atoms with Gasteiger partial charge in [-0.25, -0.2) is 9.38 Å². The zero-order chi connectivity index (χ0) is 13.1. The number of amides is 1. The van der Waals surface area contributed by atoms with Crippen molar-refractivity contribution in [3.8, 4) is 11.8 Å². The summed E-state index contributed by atoms with van der Waals surface area (Å²) in [7, 11) is 1.58. The number of carbonyl (C=O) groups excluding carboxylic acids is 1. The molecule has 5 heteroatoms. The van der Waals surface area contributed by atoms with Gasteiger partial charge >= 0.3 is 0 Å². The molecule has 18 heavy (non-hydrogen) atoms. The van der Waals surface area contributed by atoms with Crippen LogP contribution in [0, 0.1) is 11.8 Å². The van der Waals surface area contributed by atoms with Crippen molar-refractivity contribution in [2.24, 2.45) is 10.7 Å². The summed E-state index contributed by atoms with van der Waals surface area (Å²) in [5, 5.41) is 0. The van der Waals surface area contributed by atoms with Crippen molar-refractivity contribution in [3.63, 3.8) is 0 Å². The average Bonchev–Trinajstić information content (AvgIpc) is 2.64. The van der Waals surface area contributed by atoms with Crippen LogP contribution in [0.1, 0.15) is 17.2 Å². The van der Waals surface area contributed by atoms with Gasteiger partial charge in [0.25, 0.3) is 5.91 Å². The van der Waals surface area contributed by atoms with E-state index in [1.54, 1.807) is 31.3 Å². The normalized spacial score (nSPS) is 18.3. The molecular formula is C13H12FN3O. The number of likely N-dealkylation sites (N-methyl/N-ethyl adjacent to an activating group) is 1. The number of nitrogens with two attached hydrogens (primary N) is 1. The molecule has 0 saturated heterocycles. The molecule has 0 saturated carbocycles. The molecule has 1 aliphatic rings. The number of alkyl halides is 1. The van der Waals surface area contributed by atoms with Crippen LogP contribution >= 0.6 is 0 Å². The van der Waals surface area contributed by atoms with Gasteiger partial charge < -0.3 is 5.73 Å². The maximum absolute atomic E-state index is 12.0. The predicted octanol–water partition coefficient (Wildman–Crippen LogP) is 0.835. The van der Waals surface area contributed by atoms with Crippen LogP contribution in [0.2, 0.25) is 0 Å². The van der Waals surface area contributed by atoms with E-state index in [1.807, 2.05) is 0 Å². The summed E-state index contributed by atoms with van der Waals surface area (Å²) in [4.78, 5) is 17.3. The van der Waals surface area contributed by atoms with E-state index >= 15 is 0 Å². The predicted molar refractivity (Wildman–Crippen MR) is 66.4 cm³/mol. The fourth-order valence-electron chi connectivity index (χ4n) is 1.71. The van der Waals surface area contributed by atoms with Gasteiger partial charge in [-0.2, -0.15) is 0 Å². The lowest BCUT2D eigenvalue weighted by atomic mass is 10.0. The second kappa shape index (κ2) is 4.88. The van der Waals surface area contributed by atoms with Crippen LogP contribution in [0.4, 0.5) is 4.39 Å². The Labute approximate surface area is 104 Å². The highest BCUT2D eigenvalue weighted by atomic mass is 19.1. The second-order valence-corrected chi connectivity index (χ2v) is 3.85. The van der Waals surface area contributed by atoms with Crippen molar-refractivity contribution >= 4 is 11.9 Å². The third-order valence-electron chi connectivity index (χ3n) is 2.67. The maximum Gasteiger partial charge on any atom is 0.258 e. The number of aliphatic imine (C=N–C) groups is 1. The first-order valence-electron chi connectivity index (χ1n) is 5.39. The van der Waals surface area contributed by atoms with Gasteiger partial charge in [0, 0.05) is 12.6 Å². The van der Waals surface area contributed by atoms with Crippen molar-refractivity contribution < 1.29 is 9.18 Å². The van der Waals surface area contributed by atoms with Gasteiger partial charge in [0.05, 0.1) is 0 Å². The summed E-state index contributed by atoms with van der Waals surface area (Å²) in [6.07, 6.45) is 0. The Morgan fingerprint density at radius 3 is 2.94 bits per heavy atom. The number of nitrogens with zero attached hydrogens (tertiary/aromatic N) is 2. The largest absolute Gasteiger partial charge is 0.369 e. The minimum Gasteiger partial charge on any atom is -0.369 e. The zero-order valence-electron chi connectivity index (χ0n) is 9.85. The van der Waals surface area contributed by atoms with Crippen LogP contribution in [0.25, 0.3) is 0 Å². The third-order valence-corrected chi connectivity index (χ3v) is 2.67. The highest BCUT2D eigenvalue weighted by molar-refractivity contribution is 6.04. The van der Waals surface area contributed by atoms with E-state index in [0.29, 0.717) is 11.1 Å². The summed E-state index contributed by atoms with van der Waals surface area (Å²) >= 11 is 0. The number of guanidine groups is 1. The Morgan fingerprint density at radius 2 is 2.33 bits per heavy atom. The van der Waals surface area contributed by atoms with E-state index in [9.17, 15) is 9.18 Å². The lowest BCUT2D eigenvalue weighted by Crippen LogP contribution is -2.34. The Balaban J connectivity index is 2.32. The summed E-state index contributed by atoms with van der Waals surface area (Å²) in [6, 6.07) is 6.39. The first kappa shape index (κ1) is 12.1. The summed E-state index contributed by atoms with van der Waals surface area (Å²) < 4.78 is 12.0. The standard InChI is InChI=1S/C13H12FN3O/c1-17-12(18)11(16-13(17)15)10-6-2-4-9(8-10)5-3-7-14/h2,4,6,8,11H,7H2,1H3,(H2,15,16)/t11-/m1/s1. The molecular weight excluding hydrogens is 233 g/mol. The molecule has 0 unspecified atom stereocenters. The Morgan fingerprint density at radius 1 is 1.56 bits per heavy atom. The number of rotatable bonds is 1. The Kier molecular flexibility index (Phi) is 3.28. The number of hydrogen-bond acceptors (Lipinski definition) is 3. The van der Waals surface area contributed by atoms with Crippen LogP contribution in [0.15, 0.2) is 29.3 Å². The first-order chi connectivity index (χ1) is 8.63. The monoisotopic (exact) mass is 245 g/mol. The van der Waals surface area contributed by atoms with E-state index in [4.69, 9.17) is 5.73 Å². The SMILES string of the molecule is CN1C(=O)[C@@H](c2cccc(C#CCF)c2)N=C1N. The highest BCUT2D eigenvalue weighted by Crippen LogP contribution is 2.24. The van der Waals surface area contributed by atoms with Crippen LogP contribution in [0.3, 0.4) is 0 Å². The first-order valence-corrected chi connectivity index (χ1v) is 5.39. The van der Waals surface area contributed by atoms with Crippen LogP contribution in [-0.2, 0) is 4.79 Å². The van der Waals surface area contributed by atoms with Crippen LogP contribution in [0.5, 0.6) is 0 Å². The lowest BCUT2D eigenvalue weighted by molar-refractivity contribution is -0.126. The summed E-state index contributed by atoms with van der Waals surface area (Å²) in [5.41, 5.74) is 6.95. The number of carbonyl (C=O) groups is 1. The number of hydrogen-bond donors (Lipinski definition) is 1. The number of benzene rings is 1. The zero-order valence-corrected chi connectivity index (χ0v) is 9.85. The number of halogens is 1. The molecule has 2 rings (SSSR count). The van der Waals surface area contributed by atoms with E-state index in [1.165, 1.54) is 4.90 Å². The minimum absolute atomic E-state index is 0.178. The van der Waals surface area contributed by atoms with Crippen LogP contribution in [-0.4, -0.2) is 30.5 Å². The molecule has 1 aromatic rings. The molecule has 0 aliphatic carbocycles. The molecule has 1 aromatic carbocycles. The molecule has 0 aromatic heterocycles. The van der Waals surface area contributed by atoms with E-state index in [-0.39, 0.29) is 11.9 Å². The molecule has 2 N–H and O–H groups in total. The molecule has 1 heterocycles. The van der Waals surface area contributed by atoms with Gasteiger partial charge in [0.15, 0.2) is 18.7 Å². The van der Waals surface area contributed by atoms with Crippen molar-refractivity contribution in [3.05, 3.63) is 35.4 Å². The Hall–Kier alpha value is -2.35. The third kappa shape index (κ3) is 2.18. The van der Waals surface area contributed by atoms with Crippen molar-refractivity contribution in [1.29, 1.82) is 0 Å². The average molecular weight is 245 g/mol. The highest BCUT2D eigenvalue weighted by Gasteiger charge is 2.31. The molecule has 1 amide bonds. The Bertz CT molecular complexity index is 571. The van der Waals surface area contributed by atoms with Crippen LogP contribution < -0.4 is 5.73 Å². The molecule has 0 spiro atoms. The van der Waals surface area contributed by atoms with Gasteiger partial charge in [0.2, 0.25) is 0 Å². The van der Waals surface area contributed by atoms with Gasteiger partial charge in [-0.1, -0.05) is 24.0 Å². The summed E-state index contributed by atoms with van der Waals surface area (Å²) in [6.45, 7) is -0.694. The fourth-order valence-corrected chi connectivity index (χ4v) is 1.71. The molecule has 0 bridgehead atoms. The lowest BCUT2D eigenvalue weighted by Gasteiger charge is -2.10. The van der Waals surface area contributed by atoms with E-state index in [0.717, 1.165) is 0 Å². The fraction of sp³-hybridized carbons (Fsp3) is 0.231. The maximum atomic E-state index is 12.0. The molecule has 1 atom stereocenters. The molecule has 4 nitrogen and oxygen atoms in total. The smallest absolute Gasteiger partial charge is 0.258 e. The molecule has 92 valence electrons. The van der Waals surface area contributed by atoms with Crippen molar-refractivity contribution in [2.45, 2.75) is 6.04 Å². The van der Waals surface area contributed by atoms with Crippen molar-refractivity contribution in [2.75, 3.05) is 13.7 Å². The minimum atomic E-state index is -0.694. The topological polar surface area (TPSA) is 58.7 Å². The molecule has 0 fully saturated rings. The molecule has 0 radical (unpaired) electrons. The summed E-state index contributed by atoms with van der Waals surface area (Å²) in [5.74, 6) is 5.03. The van der Waals surface area contributed by atoms with E-state index < -0.39 is 12.7 Å². The molecule has 1 aliphatic heterocycles. The van der Waals surface area contributed by atoms with Gasteiger partial charge in [-0.05, 0) is 17.7 Å². The second-order valence-electron chi connectivity index (χ2n) is 3.85. The van der Waals surface area contributed by atoms with E-state index in [2.05, 4.69) is 16.8 Å². The van der Waals surface area contributed by atoms with Gasteiger partial charge in [-0.3, -0.25) is 9.69 Å². The quantitative estimate of drug-likeness (QED) is 0.745. The van der Waals surface area contributed by atoms with Gasteiger partial charge in [-0.15, -0.1) is 0 Å². The van der Waals surface area contributed by atoms with Gasteiger partial charge in [0.1, 0.15) is 0 Å². The van der Waals surface area contributed by atoms with Crippen molar-refractivity contribution in [1.82, 2.24) is 4.90 Å².